The van der Waals surface area contributed by atoms with Gasteiger partial charge in [0.25, 0.3) is 0 Å². The number of aryl methyl sites for hydroxylation is 1. The zero-order valence-corrected chi connectivity index (χ0v) is 15.4. The Morgan fingerprint density at radius 2 is 1.77 bits per heavy atom. The zero-order chi connectivity index (χ0) is 18.3. The van der Waals surface area contributed by atoms with E-state index >= 15 is 0 Å². The summed E-state index contributed by atoms with van der Waals surface area (Å²) in [5.74, 6) is 0.695. The van der Waals surface area contributed by atoms with Crippen molar-refractivity contribution < 1.29 is 0 Å². The highest BCUT2D eigenvalue weighted by atomic mass is 35.5. The van der Waals surface area contributed by atoms with Crippen molar-refractivity contribution >= 4 is 34.4 Å². The predicted molar refractivity (Wildman–Crippen MR) is 103 cm³/mol. The summed E-state index contributed by atoms with van der Waals surface area (Å²) >= 11 is 12.6. The van der Waals surface area contributed by atoms with Gasteiger partial charge in [-0.1, -0.05) is 59.1 Å². The minimum atomic E-state index is 0.146. The molecule has 0 bridgehead atoms. The van der Waals surface area contributed by atoms with Gasteiger partial charge in [0, 0.05) is 21.2 Å². The lowest BCUT2D eigenvalue weighted by Crippen LogP contribution is -2.13. The summed E-state index contributed by atoms with van der Waals surface area (Å²) in [4.78, 5) is 12.1. The topological polar surface area (TPSA) is 70.3 Å². The minimum Gasteiger partial charge on any atom is -0.334 e. The number of rotatable bonds is 3. The average molecular weight is 384 g/mol. The normalized spacial score (nSPS) is 11.2. The van der Waals surface area contributed by atoms with E-state index in [2.05, 4.69) is 9.97 Å². The molecular weight excluding hydrogens is 369 g/mol. The van der Waals surface area contributed by atoms with Crippen molar-refractivity contribution in [3.63, 3.8) is 0 Å². The summed E-state index contributed by atoms with van der Waals surface area (Å²) in [6, 6.07) is 13.5. The van der Waals surface area contributed by atoms with Gasteiger partial charge in [-0.25, -0.2) is 9.97 Å². The molecule has 4 aromatic rings. The van der Waals surface area contributed by atoms with E-state index in [1.165, 1.54) is 5.56 Å². The number of benzene rings is 2. The van der Waals surface area contributed by atoms with E-state index in [1.54, 1.807) is 18.5 Å². The lowest BCUT2D eigenvalue weighted by atomic mass is 10.1. The first-order chi connectivity index (χ1) is 12.5. The van der Waals surface area contributed by atoms with Crippen LogP contribution in [0.1, 0.15) is 11.1 Å². The highest BCUT2D eigenvalue weighted by Gasteiger charge is 2.13. The van der Waals surface area contributed by atoms with Gasteiger partial charge in [0.2, 0.25) is 0 Å². The van der Waals surface area contributed by atoms with E-state index in [1.807, 2.05) is 41.8 Å². The van der Waals surface area contributed by atoms with Gasteiger partial charge in [0.05, 0.1) is 12.9 Å². The van der Waals surface area contributed by atoms with E-state index < -0.39 is 0 Å². The van der Waals surface area contributed by atoms with Crippen LogP contribution in [-0.2, 0) is 6.54 Å². The molecule has 0 unspecified atom stereocenters. The lowest BCUT2D eigenvalue weighted by molar-refractivity contribution is 0.784. The molecule has 0 saturated heterocycles. The molecule has 2 aromatic carbocycles. The Morgan fingerprint density at radius 3 is 2.46 bits per heavy atom. The van der Waals surface area contributed by atoms with Crippen molar-refractivity contribution in [2.45, 2.75) is 13.5 Å². The van der Waals surface area contributed by atoms with Crippen LogP contribution in [0.5, 0.6) is 0 Å². The third-order valence-corrected chi connectivity index (χ3v) is 4.94. The van der Waals surface area contributed by atoms with Crippen LogP contribution in [0, 0.1) is 12.3 Å². The number of H-pyrrole nitrogens is 1. The summed E-state index contributed by atoms with van der Waals surface area (Å²) in [7, 11) is 0. The largest absolute Gasteiger partial charge is 0.334 e. The molecule has 0 spiro atoms. The highest BCUT2D eigenvalue weighted by Crippen LogP contribution is 2.26. The van der Waals surface area contributed by atoms with Crippen LogP contribution in [-0.4, -0.2) is 19.5 Å². The van der Waals surface area contributed by atoms with Crippen molar-refractivity contribution in [1.82, 2.24) is 19.5 Å². The monoisotopic (exact) mass is 383 g/mol. The van der Waals surface area contributed by atoms with Crippen LogP contribution in [0.3, 0.4) is 0 Å². The SMILES string of the molecule is Cc1ccc(-c2nc3c([nH]2)c(=N)ncn3Cc2c(Cl)cccc2Cl)cc1. The highest BCUT2D eigenvalue weighted by molar-refractivity contribution is 6.36. The van der Waals surface area contributed by atoms with Crippen LogP contribution < -0.4 is 5.49 Å². The fraction of sp³-hybridized carbons (Fsp3) is 0.105. The molecule has 0 radical (unpaired) electrons. The first kappa shape index (κ1) is 16.8. The first-order valence-corrected chi connectivity index (χ1v) is 8.78. The number of halogens is 2. The van der Waals surface area contributed by atoms with Gasteiger partial charge in [-0.2, -0.15) is 0 Å². The Hall–Kier alpha value is -2.63. The molecule has 2 heterocycles. The number of nitrogens with zero attached hydrogens (tertiary/aromatic N) is 3. The number of aromatic nitrogens is 4. The molecule has 5 nitrogen and oxygen atoms in total. The van der Waals surface area contributed by atoms with E-state index in [4.69, 9.17) is 33.6 Å². The Labute approximate surface area is 159 Å². The van der Waals surface area contributed by atoms with Crippen LogP contribution in [0.4, 0.5) is 0 Å². The van der Waals surface area contributed by atoms with Gasteiger partial charge in [-0.05, 0) is 19.1 Å². The van der Waals surface area contributed by atoms with Crippen LogP contribution >= 0.6 is 23.2 Å². The number of aromatic amines is 1. The third kappa shape index (κ3) is 3.00. The van der Waals surface area contributed by atoms with Crippen molar-refractivity contribution in [2.24, 2.45) is 0 Å². The fourth-order valence-electron chi connectivity index (χ4n) is 2.80. The van der Waals surface area contributed by atoms with Gasteiger partial charge in [-0.15, -0.1) is 0 Å². The molecule has 0 amide bonds. The number of hydrogen-bond donors (Lipinski definition) is 2. The number of nitrogens with one attached hydrogen (secondary N) is 2. The van der Waals surface area contributed by atoms with Crippen LogP contribution in [0.25, 0.3) is 22.6 Å². The maximum Gasteiger partial charge on any atom is 0.173 e. The van der Waals surface area contributed by atoms with E-state index in [9.17, 15) is 0 Å². The molecule has 4 rings (SSSR count). The molecule has 0 aliphatic rings. The molecule has 130 valence electrons. The molecular formula is C19H15Cl2N5. The number of hydrogen-bond acceptors (Lipinski definition) is 3. The first-order valence-electron chi connectivity index (χ1n) is 8.02. The van der Waals surface area contributed by atoms with Crippen molar-refractivity contribution in [1.29, 1.82) is 5.41 Å². The lowest BCUT2D eigenvalue weighted by Gasteiger charge is -2.10. The standard InChI is InChI=1S/C19H15Cl2N5/c1-11-5-7-12(8-6-11)18-24-16-17(22)23-10-26(19(16)25-18)9-13-14(20)3-2-4-15(13)21/h2-8,10,22H,9H2,1H3,(H,24,25). The second-order valence-corrected chi connectivity index (χ2v) is 6.89. The molecule has 7 heteroatoms. The second kappa shape index (κ2) is 6.59. The van der Waals surface area contributed by atoms with E-state index in [-0.39, 0.29) is 5.49 Å². The van der Waals surface area contributed by atoms with E-state index in [0.29, 0.717) is 33.6 Å². The Balaban J connectivity index is 1.85. The van der Waals surface area contributed by atoms with Crippen LogP contribution in [0.2, 0.25) is 10.0 Å². The van der Waals surface area contributed by atoms with Gasteiger partial charge in [0.1, 0.15) is 11.3 Å². The number of fused-ring (bicyclic) bond motifs is 1. The van der Waals surface area contributed by atoms with Crippen molar-refractivity contribution in [2.75, 3.05) is 0 Å². The summed E-state index contributed by atoms with van der Waals surface area (Å²) in [5.41, 5.74) is 4.28. The minimum absolute atomic E-state index is 0.146. The molecule has 2 N–H and O–H groups in total. The fourth-order valence-corrected chi connectivity index (χ4v) is 3.32. The van der Waals surface area contributed by atoms with Gasteiger partial charge in [0.15, 0.2) is 11.1 Å². The van der Waals surface area contributed by atoms with Gasteiger partial charge >= 0.3 is 0 Å². The molecule has 0 aliphatic carbocycles. The number of imidazole rings is 1. The van der Waals surface area contributed by atoms with Crippen LogP contribution in [0.15, 0.2) is 48.8 Å². The summed E-state index contributed by atoms with van der Waals surface area (Å²) in [5, 5.41) is 9.26. The predicted octanol–water partition coefficient (Wildman–Crippen LogP) is 4.57. The average Bonchev–Trinajstić information content (AvgIpc) is 3.07. The van der Waals surface area contributed by atoms with Gasteiger partial charge < -0.3 is 9.55 Å². The van der Waals surface area contributed by atoms with Gasteiger partial charge in [-0.3, -0.25) is 5.41 Å². The Kier molecular flexibility index (Phi) is 4.26. The van der Waals surface area contributed by atoms with Crippen molar-refractivity contribution in [3.8, 4) is 11.4 Å². The molecule has 0 atom stereocenters. The smallest absolute Gasteiger partial charge is 0.173 e. The Morgan fingerprint density at radius 1 is 1.08 bits per heavy atom. The van der Waals surface area contributed by atoms with E-state index in [0.717, 1.165) is 11.1 Å². The molecule has 0 fully saturated rings. The third-order valence-electron chi connectivity index (χ3n) is 4.23. The molecule has 0 aliphatic heterocycles. The Bertz CT molecular complexity index is 1140. The molecule has 2 aromatic heterocycles. The molecule has 0 saturated carbocycles. The quantitative estimate of drug-likeness (QED) is 0.543. The summed E-state index contributed by atoms with van der Waals surface area (Å²) < 4.78 is 1.84. The molecule has 26 heavy (non-hydrogen) atoms. The summed E-state index contributed by atoms with van der Waals surface area (Å²) in [6.45, 7) is 2.45. The summed E-state index contributed by atoms with van der Waals surface area (Å²) in [6.07, 6.45) is 1.59. The maximum absolute atomic E-state index is 8.09. The van der Waals surface area contributed by atoms with Crippen molar-refractivity contribution in [3.05, 3.63) is 75.5 Å². The second-order valence-electron chi connectivity index (χ2n) is 6.07. The zero-order valence-electron chi connectivity index (χ0n) is 13.9. The maximum atomic E-state index is 8.09.